The number of nitrogens with one attached hydrogen (secondary N) is 1. The molecule has 1 aromatic rings. The van der Waals surface area contributed by atoms with Gasteiger partial charge in [0.05, 0.1) is 28.8 Å². The first-order chi connectivity index (χ1) is 14.5. The molecule has 3 fully saturated rings. The number of rotatable bonds is 5. The second-order valence-electron chi connectivity index (χ2n) is 8.55. The average molecular weight is 435 g/mol. The van der Waals surface area contributed by atoms with Crippen LogP contribution < -0.4 is 5.32 Å². The van der Waals surface area contributed by atoms with Gasteiger partial charge in [-0.25, -0.2) is 4.79 Å². The SMILES string of the molecule is CCN1C(=O)[C@@H]2CN(CCOC)C[C@@H]2C12CCN(C(=O)Nc1ccccc1Cl)CC2. The van der Waals surface area contributed by atoms with Crippen LogP contribution in [0.5, 0.6) is 0 Å². The number of methoxy groups -OCH3 is 1. The van der Waals surface area contributed by atoms with E-state index in [9.17, 15) is 9.59 Å². The van der Waals surface area contributed by atoms with E-state index >= 15 is 0 Å². The van der Waals surface area contributed by atoms with Crippen molar-refractivity contribution in [3.05, 3.63) is 29.3 Å². The van der Waals surface area contributed by atoms with Crippen LogP contribution in [0.4, 0.5) is 10.5 Å². The zero-order valence-corrected chi connectivity index (χ0v) is 18.5. The number of para-hydroxylation sites is 1. The molecule has 2 atom stereocenters. The first-order valence-electron chi connectivity index (χ1n) is 10.8. The van der Waals surface area contributed by atoms with Crippen molar-refractivity contribution in [2.45, 2.75) is 25.3 Å². The minimum absolute atomic E-state index is 0.0744. The molecule has 8 heteroatoms. The van der Waals surface area contributed by atoms with Crippen LogP contribution >= 0.6 is 11.6 Å². The topological polar surface area (TPSA) is 65.1 Å². The Morgan fingerprint density at radius 3 is 2.67 bits per heavy atom. The molecule has 1 N–H and O–H groups in total. The highest BCUT2D eigenvalue weighted by Crippen LogP contribution is 2.49. The Morgan fingerprint density at radius 1 is 1.27 bits per heavy atom. The lowest BCUT2D eigenvalue weighted by molar-refractivity contribution is -0.135. The van der Waals surface area contributed by atoms with Gasteiger partial charge in [0.15, 0.2) is 0 Å². The molecule has 4 rings (SSSR count). The fourth-order valence-corrected chi connectivity index (χ4v) is 5.85. The van der Waals surface area contributed by atoms with Crippen LogP contribution in [-0.2, 0) is 9.53 Å². The summed E-state index contributed by atoms with van der Waals surface area (Å²) in [4.78, 5) is 32.3. The Labute approximate surface area is 183 Å². The van der Waals surface area contributed by atoms with Crippen molar-refractivity contribution in [1.82, 2.24) is 14.7 Å². The lowest BCUT2D eigenvalue weighted by Crippen LogP contribution is -2.58. The number of halogens is 1. The van der Waals surface area contributed by atoms with E-state index in [1.54, 1.807) is 19.2 Å². The molecule has 3 saturated heterocycles. The minimum Gasteiger partial charge on any atom is -0.383 e. The Morgan fingerprint density at radius 2 is 2.00 bits per heavy atom. The van der Waals surface area contributed by atoms with Gasteiger partial charge in [-0.1, -0.05) is 23.7 Å². The third-order valence-electron chi connectivity index (χ3n) is 7.17. The third kappa shape index (κ3) is 3.67. The fourth-order valence-electron chi connectivity index (χ4n) is 5.67. The Kier molecular flexibility index (Phi) is 6.23. The molecule has 0 unspecified atom stereocenters. The molecule has 3 aliphatic heterocycles. The van der Waals surface area contributed by atoms with Gasteiger partial charge in [0.25, 0.3) is 0 Å². The van der Waals surface area contributed by atoms with Crippen molar-refractivity contribution < 1.29 is 14.3 Å². The van der Waals surface area contributed by atoms with Crippen LogP contribution in [0.1, 0.15) is 19.8 Å². The monoisotopic (exact) mass is 434 g/mol. The predicted molar refractivity (Wildman–Crippen MR) is 117 cm³/mol. The molecule has 1 aromatic carbocycles. The number of amides is 3. The normalized spacial score (nSPS) is 25.8. The van der Waals surface area contributed by atoms with Gasteiger partial charge in [-0.3, -0.25) is 9.69 Å². The van der Waals surface area contributed by atoms with Crippen LogP contribution in [0.25, 0.3) is 0 Å². The van der Waals surface area contributed by atoms with Gasteiger partial charge < -0.3 is 19.9 Å². The number of urea groups is 1. The van der Waals surface area contributed by atoms with Gasteiger partial charge in [-0.15, -0.1) is 0 Å². The maximum absolute atomic E-state index is 13.2. The summed E-state index contributed by atoms with van der Waals surface area (Å²) in [5.74, 6) is 0.692. The number of anilines is 1. The molecular weight excluding hydrogens is 404 g/mol. The van der Waals surface area contributed by atoms with E-state index in [0.717, 1.165) is 39.0 Å². The van der Waals surface area contributed by atoms with E-state index in [2.05, 4.69) is 22.0 Å². The standard InChI is InChI=1S/C22H31ClN4O3/c1-3-27-20(28)16-14-25(12-13-30-2)15-17(16)22(27)8-10-26(11-9-22)21(29)24-19-7-5-4-6-18(19)23/h4-7,16-17H,3,8-15H2,1-2H3,(H,24,29)/t16-,17+/m1/s1. The van der Waals surface area contributed by atoms with E-state index in [-0.39, 0.29) is 23.4 Å². The molecule has 30 heavy (non-hydrogen) atoms. The molecule has 3 amide bonds. The molecule has 0 aliphatic carbocycles. The van der Waals surface area contributed by atoms with Crippen molar-refractivity contribution in [3.8, 4) is 0 Å². The van der Waals surface area contributed by atoms with Crippen molar-refractivity contribution in [2.24, 2.45) is 11.8 Å². The Bertz CT molecular complexity index is 796. The Balaban J connectivity index is 1.44. The summed E-state index contributed by atoms with van der Waals surface area (Å²) in [6.07, 6.45) is 1.64. The molecular formula is C22H31ClN4O3. The third-order valence-corrected chi connectivity index (χ3v) is 7.50. The number of carbonyl (C=O) groups is 2. The van der Waals surface area contributed by atoms with E-state index in [1.165, 1.54) is 0 Å². The van der Waals surface area contributed by atoms with Crippen molar-refractivity contribution in [3.63, 3.8) is 0 Å². The van der Waals surface area contributed by atoms with E-state index in [0.29, 0.717) is 36.3 Å². The number of carbonyl (C=O) groups excluding carboxylic acids is 2. The van der Waals surface area contributed by atoms with Crippen molar-refractivity contribution in [1.29, 1.82) is 0 Å². The number of fused-ring (bicyclic) bond motifs is 2. The second kappa shape index (κ2) is 8.73. The van der Waals surface area contributed by atoms with Gasteiger partial charge in [0.2, 0.25) is 5.91 Å². The summed E-state index contributed by atoms with van der Waals surface area (Å²) in [7, 11) is 1.71. The van der Waals surface area contributed by atoms with Gasteiger partial charge in [-0.05, 0) is 31.9 Å². The summed E-state index contributed by atoms with van der Waals surface area (Å²) in [5, 5.41) is 3.45. The Hall–Kier alpha value is -1.83. The number of nitrogens with zero attached hydrogens (tertiary/aromatic N) is 3. The van der Waals surface area contributed by atoms with Crippen LogP contribution in [0.15, 0.2) is 24.3 Å². The van der Waals surface area contributed by atoms with Gasteiger partial charge in [0, 0.05) is 52.3 Å². The number of likely N-dealkylation sites (tertiary alicyclic amines) is 3. The molecule has 3 heterocycles. The fraction of sp³-hybridized carbons (Fsp3) is 0.636. The first-order valence-corrected chi connectivity index (χ1v) is 11.2. The molecule has 0 aromatic heterocycles. The van der Waals surface area contributed by atoms with Gasteiger partial charge >= 0.3 is 6.03 Å². The van der Waals surface area contributed by atoms with E-state index in [4.69, 9.17) is 16.3 Å². The molecule has 164 valence electrons. The summed E-state index contributed by atoms with van der Waals surface area (Å²) in [5.41, 5.74) is 0.486. The zero-order valence-electron chi connectivity index (χ0n) is 17.8. The minimum atomic E-state index is -0.139. The lowest BCUT2D eigenvalue weighted by atomic mass is 9.75. The average Bonchev–Trinajstić information content (AvgIpc) is 3.26. The number of hydrogen-bond donors (Lipinski definition) is 1. The molecule has 0 radical (unpaired) electrons. The molecule has 7 nitrogen and oxygen atoms in total. The molecule has 1 spiro atoms. The number of hydrogen-bond acceptors (Lipinski definition) is 4. The number of ether oxygens (including phenoxy) is 1. The lowest BCUT2D eigenvalue weighted by Gasteiger charge is -2.47. The quantitative estimate of drug-likeness (QED) is 0.773. The molecule has 3 aliphatic rings. The summed E-state index contributed by atoms with van der Waals surface area (Å²) < 4.78 is 5.23. The maximum Gasteiger partial charge on any atom is 0.321 e. The smallest absolute Gasteiger partial charge is 0.321 e. The van der Waals surface area contributed by atoms with Crippen molar-refractivity contribution >= 4 is 29.2 Å². The summed E-state index contributed by atoms with van der Waals surface area (Å²) >= 11 is 6.18. The highest BCUT2D eigenvalue weighted by atomic mass is 35.5. The summed E-state index contributed by atoms with van der Waals surface area (Å²) in [6.45, 7) is 7.39. The maximum atomic E-state index is 13.2. The van der Waals surface area contributed by atoms with E-state index < -0.39 is 0 Å². The second-order valence-corrected chi connectivity index (χ2v) is 8.96. The zero-order chi connectivity index (χ0) is 21.3. The first kappa shape index (κ1) is 21.4. The summed E-state index contributed by atoms with van der Waals surface area (Å²) in [6, 6.07) is 7.13. The van der Waals surface area contributed by atoms with Crippen LogP contribution in [0, 0.1) is 11.8 Å². The van der Waals surface area contributed by atoms with Crippen LogP contribution in [-0.4, -0.2) is 85.2 Å². The molecule has 0 saturated carbocycles. The largest absolute Gasteiger partial charge is 0.383 e. The predicted octanol–water partition coefficient (Wildman–Crippen LogP) is 2.76. The highest BCUT2D eigenvalue weighted by Gasteiger charge is 2.61. The van der Waals surface area contributed by atoms with E-state index in [1.807, 2.05) is 17.0 Å². The number of benzene rings is 1. The highest BCUT2D eigenvalue weighted by molar-refractivity contribution is 6.33. The van der Waals surface area contributed by atoms with Crippen molar-refractivity contribution in [2.75, 3.05) is 58.3 Å². The van der Waals surface area contributed by atoms with Gasteiger partial charge in [0.1, 0.15) is 0 Å². The van der Waals surface area contributed by atoms with Crippen LogP contribution in [0.2, 0.25) is 5.02 Å². The van der Waals surface area contributed by atoms with Crippen LogP contribution in [0.3, 0.4) is 0 Å². The molecule has 0 bridgehead atoms. The number of piperidine rings is 1. The van der Waals surface area contributed by atoms with Gasteiger partial charge in [-0.2, -0.15) is 0 Å².